The molecule has 0 bridgehead atoms. The average Bonchev–Trinajstić information content (AvgIpc) is 2.47. The molecule has 0 aliphatic carbocycles. The van der Waals surface area contributed by atoms with Crippen LogP contribution < -0.4 is 5.32 Å². The number of benzene rings is 2. The zero-order valence-corrected chi connectivity index (χ0v) is 12.3. The molecule has 0 saturated carbocycles. The first kappa shape index (κ1) is 14.1. The highest BCUT2D eigenvalue weighted by Gasteiger charge is 2.08. The molecule has 102 valence electrons. The molecule has 2 rings (SSSR count). The molecule has 1 N–H and O–H groups in total. The molecule has 0 aliphatic heterocycles. The quantitative estimate of drug-likeness (QED) is 0.772. The van der Waals surface area contributed by atoms with Crippen LogP contribution in [0.5, 0.6) is 0 Å². The third-order valence-electron chi connectivity index (χ3n) is 4.14. The van der Waals surface area contributed by atoms with Gasteiger partial charge in [0.2, 0.25) is 0 Å². The second kappa shape index (κ2) is 6.72. The third kappa shape index (κ3) is 3.57. The fraction of sp³-hybridized carbons (Fsp3) is 0.444. The maximum absolute atomic E-state index is 3.67. The molecule has 0 aliphatic rings. The van der Waals surface area contributed by atoms with E-state index in [0.717, 1.165) is 12.5 Å². The Bertz CT molecular complexity index is 514. The van der Waals surface area contributed by atoms with Gasteiger partial charge in [0.1, 0.15) is 0 Å². The fourth-order valence-electron chi connectivity index (χ4n) is 2.52. The van der Waals surface area contributed by atoms with E-state index < -0.39 is 0 Å². The standard InChI is InChI=1S/C18H25N/c1-4-15(5-2)13-19-14(3)17-11-10-16-8-6-7-9-18(16)12-17/h6-12,14-15,19H,4-5,13H2,1-3H3. The van der Waals surface area contributed by atoms with Crippen LogP contribution in [0.15, 0.2) is 42.5 Å². The third-order valence-corrected chi connectivity index (χ3v) is 4.14. The van der Waals surface area contributed by atoms with Gasteiger partial charge in [0, 0.05) is 6.04 Å². The molecule has 0 heterocycles. The van der Waals surface area contributed by atoms with Crippen LogP contribution in [0.2, 0.25) is 0 Å². The number of nitrogens with one attached hydrogen (secondary N) is 1. The zero-order valence-electron chi connectivity index (χ0n) is 12.3. The van der Waals surface area contributed by atoms with E-state index in [4.69, 9.17) is 0 Å². The van der Waals surface area contributed by atoms with E-state index in [1.807, 2.05) is 0 Å². The summed E-state index contributed by atoms with van der Waals surface area (Å²) in [5.74, 6) is 0.794. The lowest BCUT2D eigenvalue weighted by Crippen LogP contribution is -2.25. The summed E-state index contributed by atoms with van der Waals surface area (Å²) in [6, 6.07) is 15.7. The van der Waals surface area contributed by atoms with Gasteiger partial charge < -0.3 is 5.32 Å². The average molecular weight is 255 g/mol. The number of rotatable bonds is 6. The van der Waals surface area contributed by atoms with Gasteiger partial charge in [-0.1, -0.05) is 63.1 Å². The van der Waals surface area contributed by atoms with E-state index in [9.17, 15) is 0 Å². The van der Waals surface area contributed by atoms with Crippen LogP contribution in [0.3, 0.4) is 0 Å². The van der Waals surface area contributed by atoms with Gasteiger partial charge in [0.05, 0.1) is 0 Å². The molecule has 1 atom stereocenters. The second-order valence-electron chi connectivity index (χ2n) is 5.42. The molecule has 2 aromatic rings. The van der Waals surface area contributed by atoms with Crippen molar-refractivity contribution in [3.8, 4) is 0 Å². The van der Waals surface area contributed by atoms with E-state index in [0.29, 0.717) is 6.04 Å². The normalized spacial score (nSPS) is 13.1. The first-order chi connectivity index (χ1) is 9.24. The SMILES string of the molecule is CCC(CC)CNC(C)c1ccc2ccccc2c1. The predicted molar refractivity (Wildman–Crippen MR) is 84.4 cm³/mol. The topological polar surface area (TPSA) is 12.0 Å². The van der Waals surface area contributed by atoms with Gasteiger partial charge in [-0.15, -0.1) is 0 Å². The van der Waals surface area contributed by atoms with Gasteiger partial charge in [-0.05, 0) is 41.8 Å². The fourth-order valence-corrected chi connectivity index (χ4v) is 2.52. The predicted octanol–water partition coefficient (Wildman–Crippen LogP) is 4.93. The highest BCUT2D eigenvalue weighted by Crippen LogP contribution is 2.20. The van der Waals surface area contributed by atoms with Crippen molar-refractivity contribution >= 4 is 10.8 Å². The van der Waals surface area contributed by atoms with E-state index in [1.54, 1.807) is 0 Å². The summed E-state index contributed by atoms with van der Waals surface area (Å²) in [6.45, 7) is 7.92. The minimum Gasteiger partial charge on any atom is -0.310 e. The van der Waals surface area contributed by atoms with Crippen LogP contribution in [0.1, 0.15) is 45.2 Å². The minimum atomic E-state index is 0.421. The molecule has 0 spiro atoms. The van der Waals surface area contributed by atoms with E-state index in [2.05, 4.69) is 68.6 Å². The van der Waals surface area contributed by atoms with Gasteiger partial charge in [-0.3, -0.25) is 0 Å². The summed E-state index contributed by atoms with van der Waals surface area (Å²) < 4.78 is 0. The molecule has 2 aromatic carbocycles. The summed E-state index contributed by atoms with van der Waals surface area (Å²) in [5.41, 5.74) is 1.38. The van der Waals surface area contributed by atoms with Crippen LogP contribution in [0.25, 0.3) is 10.8 Å². The molecule has 0 aromatic heterocycles. The van der Waals surface area contributed by atoms with E-state index >= 15 is 0 Å². The molecule has 1 nitrogen and oxygen atoms in total. The van der Waals surface area contributed by atoms with Crippen molar-refractivity contribution in [3.63, 3.8) is 0 Å². The summed E-state index contributed by atoms with van der Waals surface area (Å²) >= 11 is 0. The van der Waals surface area contributed by atoms with Crippen molar-refractivity contribution in [1.29, 1.82) is 0 Å². The van der Waals surface area contributed by atoms with Gasteiger partial charge >= 0.3 is 0 Å². The van der Waals surface area contributed by atoms with Crippen molar-refractivity contribution in [2.24, 2.45) is 5.92 Å². The van der Waals surface area contributed by atoms with Crippen molar-refractivity contribution in [2.75, 3.05) is 6.54 Å². The summed E-state index contributed by atoms with van der Waals surface area (Å²) in [7, 11) is 0. The Labute approximate surface area is 117 Å². The van der Waals surface area contributed by atoms with Crippen molar-refractivity contribution < 1.29 is 0 Å². The Kier molecular flexibility index (Phi) is 4.98. The lowest BCUT2D eigenvalue weighted by atomic mass is 10.0. The van der Waals surface area contributed by atoms with Crippen LogP contribution in [0.4, 0.5) is 0 Å². The maximum Gasteiger partial charge on any atom is 0.0292 e. The lowest BCUT2D eigenvalue weighted by Gasteiger charge is -2.19. The monoisotopic (exact) mass is 255 g/mol. The summed E-state index contributed by atoms with van der Waals surface area (Å²) in [6.07, 6.45) is 2.52. The van der Waals surface area contributed by atoms with Crippen molar-refractivity contribution in [2.45, 2.75) is 39.7 Å². The molecule has 0 amide bonds. The first-order valence-electron chi connectivity index (χ1n) is 7.46. The Hall–Kier alpha value is -1.34. The number of fused-ring (bicyclic) bond motifs is 1. The van der Waals surface area contributed by atoms with Gasteiger partial charge in [0.15, 0.2) is 0 Å². The molecular weight excluding hydrogens is 230 g/mol. The first-order valence-corrected chi connectivity index (χ1v) is 7.46. The Morgan fingerprint density at radius 2 is 1.63 bits per heavy atom. The highest BCUT2D eigenvalue weighted by molar-refractivity contribution is 5.83. The number of hydrogen-bond donors (Lipinski definition) is 1. The smallest absolute Gasteiger partial charge is 0.0292 e. The Balaban J connectivity index is 2.06. The zero-order chi connectivity index (χ0) is 13.7. The van der Waals surface area contributed by atoms with Crippen molar-refractivity contribution in [1.82, 2.24) is 5.32 Å². The molecule has 19 heavy (non-hydrogen) atoms. The van der Waals surface area contributed by atoms with Crippen molar-refractivity contribution in [3.05, 3.63) is 48.0 Å². The van der Waals surface area contributed by atoms with E-state index in [1.165, 1.54) is 29.2 Å². The van der Waals surface area contributed by atoms with Crippen LogP contribution in [0, 0.1) is 5.92 Å². The van der Waals surface area contributed by atoms with Gasteiger partial charge in [-0.2, -0.15) is 0 Å². The van der Waals surface area contributed by atoms with Crippen LogP contribution >= 0.6 is 0 Å². The Morgan fingerprint density at radius 3 is 2.32 bits per heavy atom. The minimum absolute atomic E-state index is 0.421. The summed E-state index contributed by atoms with van der Waals surface area (Å²) in [5, 5.41) is 6.31. The molecule has 0 saturated heterocycles. The highest BCUT2D eigenvalue weighted by atomic mass is 14.9. The largest absolute Gasteiger partial charge is 0.310 e. The molecule has 0 fully saturated rings. The van der Waals surface area contributed by atoms with Crippen LogP contribution in [-0.2, 0) is 0 Å². The molecule has 0 radical (unpaired) electrons. The number of hydrogen-bond acceptors (Lipinski definition) is 1. The maximum atomic E-state index is 3.67. The molecule has 1 heteroatoms. The van der Waals surface area contributed by atoms with E-state index in [-0.39, 0.29) is 0 Å². The molecular formula is C18H25N. The lowest BCUT2D eigenvalue weighted by molar-refractivity contribution is 0.422. The Morgan fingerprint density at radius 1 is 0.947 bits per heavy atom. The van der Waals surface area contributed by atoms with Crippen LogP contribution in [-0.4, -0.2) is 6.54 Å². The van der Waals surface area contributed by atoms with Gasteiger partial charge in [-0.25, -0.2) is 0 Å². The van der Waals surface area contributed by atoms with Gasteiger partial charge in [0.25, 0.3) is 0 Å². The molecule has 1 unspecified atom stereocenters. The second-order valence-corrected chi connectivity index (χ2v) is 5.42. The summed E-state index contributed by atoms with van der Waals surface area (Å²) in [4.78, 5) is 0.